The number of pyridine rings is 1. The lowest BCUT2D eigenvalue weighted by atomic mass is 10.2. The van der Waals surface area contributed by atoms with Crippen molar-refractivity contribution in [3.63, 3.8) is 0 Å². The molecule has 0 saturated carbocycles. The average molecular weight is 293 g/mol. The lowest BCUT2D eigenvalue weighted by Gasteiger charge is -2.11. The van der Waals surface area contributed by atoms with Gasteiger partial charge < -0.3 is 15.8 Å². The van der Waals surface area contributed by atoms with Crippen LogP contribution in [0.25, 0.3) is 0 Å². The summed E-state index contributed by atoms with van der Waals surface area (Å²) in [5.41, 5.74) is 6.32. The van der Waals surface area contributed by atoms with Gasteiger partial charge in [-0.25, -0.2) is 18.6 Å². The van der Waals surface area contributed by atoms with Crippen LogP contribution in [0.4, 0.5) is 20.3 Å². The number of halogens is 2. The molecule has 0 aliphatic heterocycles. The highest BCUT2D eigenvalue weighted by Crippen LogP contribution is 2.21. The Morgan fingerprint density at radius 2 is 2.14 bits per heavy atom. The molecule has 1 heterocycles. The van der Waals surface area contributed by atoms with Gasteiger partial charge in [-0.1, -0.05) is 6.07 Å². The van der Waals surface area contributed by atoms with Crippen molar-refractivity contribution in [2.45, 2.75) is 6.54 Å². The number of nitrogens with zero attached hydrogens (tertiary/aromatic N) is 1. The van der Waals surface area contributed by atoms with Crippen molar-refractivity contribution in [2.24, 2.45) is 0 Å². The molecule has 0 amide bonds. The third kappa shape index (κ3) is 3.25. The Kier molecular flexibility index (Phi) is 4.32. The number of rotatable bonds is 4. The lowest BCUT2D eigenvalue weighted by Crippen LogP contribution is -2.11. The number of methoxy groups -OCH3 is 1. The summed E-state index contributed by atoms with van der Waals surface area (Å²) in [6.45, 7) is 0.0495. The van der Waals surface area contributed by atoms with E-state index in [-0.39, 0.29) is 29.2 Å². The van der Waals surface area contributed by atoms with Crippen LogP contribution in [0, 0.1) is 11.6 Å². The summed E-state index contributed by atoms with van der Waals surface area (Å²) in [5, 5.41) is 2.80. The maximum atomic E-state index is 13.5. The van der Waals surface area contributed by atoms with Gasteiger partial charge in [0.25, 0.3) is 0 Å². The summed E-state index contributed by atoms with van der Waals surface area (Å²) >= 11 is 0. The van der Waals surface area contributed by atoms with Crippen LogP contribution in [0.2, 0.25) is 0 Å². The van der Waals surface area contributed by atoms with E-state index in [4.69, 9.17) is 5.73 Å². The third-order valence-electron chi connectivity index (χ3n) is 2.86. The van der Waals surface area contributed by atoms with Crippen molar-refractivity contribution in [3.8, 4) is 0 Å². The minimum Gasteiger partial charge on any atom is -0.465 e. The van der Waals surface area contributed by atoms with E-state index in [2.05, 4.69) is 15.0 Å². The van der Waals surface area contributed by atoms with Gasteiger partial charge in [0, 0.05) is 24.4 Å². The summed E-state index contributed by atoms with van der Waals surface area (Å²) in [6.07, 6.45) is 1.38. The maximum absolute atomic E-state index is 13.5. The first kappa shape index (κ1) is 14.7. The molecular formula is C14H13F2N3O2. The molecule has 0 bridgehead atoms. The number of carbonyl (C=O) groups is 1. The number of nitrogen functional groups attached to an aromatic ring is 1. The first-order chi connectivity index (χ1) is 10.0. The van der Waals surface area contributed by atoms with Crippen molar-refractivity contribution in [3.05, 3.63) is 53.2 Å². The molecule has 3 N–H and O–H groups in total. The molecule has 2 rings (SSSR count). The Labute approximate surface area is 119 Å². The van der Waals surface area contributed by atoms with Crippen LogP contribution in [-0.2, 0) is 11.3 Å². The number of hydrogen-bond donors (Lipinski definition) is 2. The number of nitrogens with two attached hydrogens (primary N) is 1. The lowest BCUT2D eigenvalue weighted by molar-refractivity contribution is 0.0602. The number of benzene rings is 1. The smallest absolute Gasteiger partial charge is 0.340 e. The largest absolute Gasteiger partial charge is 0.465 e. The van der Waals surface area contributed by atoms with Crippen LogP contribution < -0.4 is 11.1 Å². The van der Waals surface area contributed by atoms with Crippen molar-refractivity contribution >= 4 is 17.5 Å². The van der Waals surface area contributed by atoms with Gasteiger partial charge >= 0.3 is 5.97 Å². The Morgan fingerprint density at radius 3 is 2.81 bits per heavy atom. The molecule has 5 nitrogen and oxygen atoms in total. The second-order valence-electron chi connectivity index (χ2n) is 4.20. The van der Waals surface area contributed by atoms with Crippen molar-refractivity contribution < 1.29 is 18.3 Å². The zero-order chi connectivity index (χ0) is 15.4. The first-order valence-electron chi connectivity index (χ1n) is 6.03. The highest BCUT2D eigenvalue weighted by molar-refractivity contribution is 5.97. The van der Waals surface area contributed by atoms with E-state index >= 15 is 0 Å². The van der Waals surface area contributed by atoms with Crippen molar-refractivity contribution in [1.82, 2.24) is 4.98 Å². The van der Waals surface area contributed by atoms with Gasteiger partial charge in [-0.2, -0.15) is 0 Å². The van der Waals surface area contributed by atoms with Crippen molar-refractivity contribution in [1.29, 1.82) is 0 Å². The Balaban J connectivity index is 2.18. The molecule has 1 aromatic heterocycles. The summed E-state index contributed by atoms with van der Waals surface area (Å²) in [6, 6.07) is 4.68. The quantitative estimate of drug-likeness (QED) is 0.846. The maximum Gasteiger partial charge on any atom is 0.340 e. The van der Waals surface area contributed by atoms with Crippen LogP contribution in [0.1, 0.15) is 15.9 Å². The molecule has 2 aromatic rings. The molecule has 0 radical (unpaired) electrons. The molecule has 110 valence electrons. The average Bonchev–Trinajstić information content (AvgIpc) is 2.47. The van der Waals surface area contributed by atoms with Crippen LogP contribution in [0.3, 0.4) is 0 Å². The van der Waals surface area contributed by atoms with Gasteiger partial charge in [0.1, 0.15) is 17.5 Å². The fourth-order valence-corrected chi connectivity index (χ4v) is 1.75. The first-order valence-corrected chi connectivity index (χ1v) is 6.03. The molecule has 1 aromatic carbocycles. The fraction of sp³-hybridized carbons (Fsp3) is 0.143. The Morgan fingerprint density at radius 1 is 1.38 bits per heavy atom. The summed E-state index contributed by atoms with van der Waals surface area (Å²) in [7, 11) is 1.24. The van der Waals surface area contributed by atoms with E-state index in [1.165, 1.54) is 25.4 Å². The van der Waals surface area contributed by atoms with E-state index in [0.717, 1.165) is 12.1 Å². The number of carbonyl (C=O) groups excluding carboxylic acids is 1. The molecule has 0 spiro atoms. The topological polar surface area (TPSA) is 77.2 Å². The van der Waals surface area contributed by atoms with Crippen LogP contribution in [-0.4, -0.2) is 18.1 Å². The van der Waals surface area contributed by atoms with Crippen LogP contribution >= 0.6 is 0 Å². The van der Waals surface area contributed by atoms with Crippen molar-refractivity contribution in [2.75, 3.05) is 18.2 Å². The molecule has 0 aliphatic carbocycles. The van der Waals surface area contributed by atoms with Gasteiger partial charge in [0.15, 0.2) is 0 Å². The monoisotopic (exact) mass is 293 g/mol. The molecular weight excluding hydrogens is 280 g/mol. The second kappa shape index (κ2) is 6.17. The molecule has 21 heavy (non-hydrogen) atoms. The highest BCUT2D eigenvalue weighted by atomic mass is 19.1. The van der Waals surface area contributed by atoms with E-state index in [0.29, 0.717) is 0 Å². The molecule has 0 saturated heterocycles. The number of anilines is 2. The normalized spacial score (nSPS) is 10.2. The van der Waals surface area contributed by atoms with Gasteiger partial charge in [-0.05, 0) is 12.1 Å². The van der Waals surface area contributed by atoms with Gasteiger partial charge in [0.05, 0.1) is 18.4 Å². The number of esters is 1. The minimum absolute atomic E-state index is 0.0495. The standard InChI is InChI=1S/C14H13F2N3O2/c1-21-14(20)10-4-5-18-13(12(10)17)19-7-8-2-3-9(15)6-11(8)16/h2-6H,7,17H2,1H3,(H,18,19). The summed E-state index contributed by atoms with van der Waals surface area (Å²) < 4.78 is 30.9. The second-order valence-corrected chi connectivity index (χ2v) is 4.20. The highest BCUT2D eigenvalue weighted by Gasteiger charge is 2.14. The molecule has 0 unspecified atom stereocenters. The van der Waals surface area contributed by atoms with Gasteiger partial charge in [0.2, 0.25) is 0 Å². The van der Waals surface area contributed by atoms with Gasteiger partial charge in [-0.15, -0.1) is 0 Å². The molecule has 0 aliphatic rings. The predicted octanol–water partition coefficient (Wildman–Crippen LogP) is 2.34. The van der Waals surface area contributed by atoms with E-state index in [1.807, 2.05) is 0 Å². The molecule has 7 heteroatoms. The van der Waals surface area contributed by atoms with E-state index in [9.17, 15) is 13.6 Å². The Hall–Kier alpha value is -2.70. The molecule has 0 atom stereocenters. The Bertz CT molecular complexity index is 677. The van der Waals surface area contributed by atoms with E-state index in [1.54, 1.807) is 0 Å². The van der Waals surface area contributed by atoms with Crippen LogP contribution in [0.15, 0.2) is 30.5 Å². The van der Waals surface area contributed by atoms with Gasteiger partial charge in [-0.3, -0.25) is 0 Å². The SMILES string of the molecule is COC(=O)c1ccnc(NCc2ccc(F)cc2F)c1N. The predicted molar refractivity (Wildman–Crippen MR) is 73.7 cm³/mol. The summed E-state index contributed by atoms with van der Waals surface area (Å²) in [5.74, 6) is -1.70. The number of hydrogen-bond acceptors (Lipinski definition) is 5. The fourth-order valence-electron chi connectivity index (χ4n) is 1.75. The third-order valence-corrected chi connectivity index (χ3v) is 2.86. The van der Waals surface area contributed by atoms with Crippen LogP contribution in [0.5, 0.6) is 0 Å². The zero-order valence-electron chi connectivity index (χ0n) is 11.2. The number of aromatic nitrogens is 1. The summed E-state index contributed by atoms with van der Waals surface area (Å²) in [4.78, 5) is 15.5. The zero-order valence-corrected chi connectivity index (χ0v) is 11.2. The minimum atomic E-state index is -0.676. The number of ether oxygens (including phenoxy) is 1. The number of nitrogens with one attached hydrogen (secondary N) is 1. The van der Waals surface area contributed by atoms with E-state index < -0.39 is 17.6 Å². The molecule has 0 fully saturated rings.